The number of amides is 3. The van der Waals surface area contributed by atoms with E-state index in [-0.39, 0.29) is 11.6 Å². The summed E-state index contributed by atoms with van der Waals surface area (Å²) in [7, 11) is 0. The third-order valence-corrected chi connectivity index (χ3v) is 6.46. The maximum absolute atomic E-state index is 13.5. The summed E-state index contributed by atoms with van der Waals surface area (Å²) in [6, 6.07) is 8.56. The summed E-state index contributed by atoms with van der Waals surface area (Å²) >= 11 is 0. The summed E-state index contributed by atoms with van der Waals surface area (Å²) in [6.45, 7) is 5.72. The third-order valence-electron chi connectivity index (χ3n) is 6.46. The number of urea groups is 1. The first kappa shape index (κ1) is 28.0. The second-order valence-corrected chi connectivity index (χ2v) is 9.66. The molecule has 0 bridgehead atoms. The fraction of sp³-hybridized carbons (Fsp3) is 0.385. The van der Waals surface area contributed by atoms with E-state index in [1.165, 1.54) is 4.90 Å². The maximum Gasteiger partial charge on any atom is 0.419 e. The summed E-state index contributed by atoms with van der Waals surface area (Å²) in [5, 5.41) is 6.33. The Bertz CT molecular complexity index is 1360. The molecule has 0 spiro atoms. The largest absolute Gasteiger partial charge is 0.419 e. The van der Waals surface area contributed by atoms with E-state index < -0.39 is 35.5 Å². The van der Waals surface area contributed by atoms with Crippen LogP contribution in [0, 0.1) is 11.7 Å². The van der Waals surface area contributed by atoms with Crippen LogP contribution in [0.1, 0.15) is 25.2 Å². The number of nitrogens with one attached hydrogen (secondary N) is 2. The Hall–Kier alpha value is -4.00. The first-order chi connectivity index (χ1) is 18.4. The van der Waals surface area contributed by atoms with Gasteiger partial charge in [-0.25, -0.2) is 19.2 Å². The smallest absolute Gasteiger partial charge is 0.368 e. The zero-order chi connectivity index (χ0) is 28.3. The number of alkyl halides is 3. The SMILES string of the molecule is CC(C)[C@H](Nc1nc(CN2CCN(C(=O)Nc3ccc(F)c(C(F)(F)F)c3)CC2)nc2ccccc12)C(N)=O. The van der Waals surface area contributed by atoms with Gasteiger partial charge in [-0.15, -0.1) is 0 Å². The molecule has 1 aliphatic rings. The standard InChI is InChI=1S/C26H29F4N7O2/c1-15(2)22(23(31)38)35-24-17-5-3-4-6-20(17)33-21(34-24)14-36-9-11-37(12-10-36)25(39)32-16-7-8-19(27)18(13-16)26(28,29)30/h3-8,13,15,22H,9-12,14H2,1-2H3,(H2,31,38)(H,32,39)(H,33,34,35)/t22-/m0/s1. The van der Waals surface area contributed by atoms with Crippen molar-refractivity contribution in [1.29, 1.82) is 0 Å². The van der Waals surface area contributed by atoms with Crippen molar-refractivity contribution in [2.45, 2.75) is 32.6 Å². The highest BCUT2D eigenvalue weighted by atomic mass is 19.4. The lowest BCUT2D eigenvalue weighted by Gasteiger charge is -2.34. The molecule has 1 atom stereocenters. The van der Waals surface area contributed by atoms with Crippen LogP contribution in [0.25, 0.3) is 10.9 Å². The molecule has 13 heteroatoms. The molecule has 0 unspecified atom stereocenters. The molecule has 4 N–H and O–H groups in total. The van der Waals surface area contributed by atoms with Crippen molar-refractivity contribution in [2.75, 3.05) is 36.8 Å². The van der Waals surface area contributed by atoms with E-state index in [0.29, 0.717) is 62.0 Å². The zero-order valence-electron chi connectivity index (χ0n) is 21.4. The molecule has 2 aromatic carbocycles. The lowest BCUT2D eigenvalue weighted by Crippen LogP contribution is -2.49. The number of nitrogens with two attached hydrogens (primary N) is 1. The van der Waals surface area contributed by atoms with Gasteiger partial charge in [-0.2, -0.15) is 13.2 Å². The van der Waals surface area contributed by atoms with Crippen molar-refractivity contribution in [3.05, 3.63) is 59.7 Å². The third kappa shape index (κ3) is 6.72. The molecule has 1 saturated heterocycles. The minimum atomic E-state index is -4.87. The number of nitrogens with zero attached hydrogens (tertiary/aromatic N) is 4. The van der Waals surface area contributed by atoms with Crippen LogP contribution in [-0.4, -0.2) is 63.9 Å². The van der Waals surface area contributed by atoms with Gasteiger partial charge in [-0.05, 0) is 36.2 Å². The molecule has 3 aromatic rings. The second-order valence-electron chi connectivity index (χ2n) is 9.66. The van der Waals surface area contributed by atoms with E-state index in [1.807, 2.05) is 43.0 Å². The van der Waals surface area contributed by atoms with Gasteiger partial charge >= 0.3 is 12.2 Å². The summed E-state index contributed by atoms with van der Waals surface area (Å²) in [5.74, 6) is -0.929. The lowest BCUT2D eigenvalue weighted by molar-refractivity contribution is -0.140. The second kappa shape index (κ2) is 11.4. The average Bonchev–Trinajstić information content (AvgIpc) is 2.87. The van der Waals surface area contributed by atoms with Crippen molar-refractivity contribution in [3.63, 3.8) is 0 Å². The van der Waals surface area contributed by atoms with Crippen molar-refractivity contribution in [1.82, 2.24) is 19.8 Å². The fourth-order valence-corrected chi connectivity index (χ4v) is 4.35. The summed E-state index contributed by atoms with van der Waals surface area (Å²) < 4.78 is 52.5. The van der Waals surface area contributed by atoms with Crippen LogP contribution in [0.4, 0.5) is 33.9 Å². The van der Waals surface area contributed by atoms with Gasteiger partial charge < -0.3 is 21.3 Å². The number of carbonyl (C=O) groups is 2. The van der Waals surface area contributed by atoms with Crippen LogP contribution in [0.3, 0.4) is 0 Å². The number of hydrogen-bond acceptors (Lipinski definition) is 6. The van der Waals surface area contributed by atoms with Crippen LogP contribution < -0.4 is 16.4 Å². The van der Waals surface area contributed by atoms with E-state index >= 15 is 0 Å². The van der Waals surface area contributed by atoms with Crippen LogP contribution in [0.15, 0.2) is 42.5 Å². The minimum Gasteiger partial charge on any atom is -0.368 e. The number of piperazine rings is 1. The lowest BCUT2D eigenvalue weighted by atomic mass is 10.0. The normalized spacial score (nSPS) is 15.4. The number of fused-ring (bicyclic) bond motifs is 1. The van der Waals surface area contributed by atoms with E-state index in [9.17, 15) is 27.2 Å². The topological polar surface area (TPSA) is 116 Å². The Morgan fingerprint density at radius 3 is 2.38 bits per heavy atom. The van der Waals surface area contributed by atoms with Gasteiger partial charge in [-0.1, -0.05) is 26.0 Å². The zero-order valence-corrected chi connectivity index (χ0v) is 21.4. The van der Waals surface area contributed by atoms with E-state index in [0.717, 1.165) is 11.5 Å². The Labute approximate surface area is 222 Å². The van der Waals surface area contributed by atoms with Gasteiger partial charge in [0.05, 0.1) is 17.6 Å². The minimum absolute atomic E-state index is 0.0612. The highest BCUT2D eigenvalue weighted by Crippen LogP contribution is 2.33. The molecule has 1 aliphatic heterocycles. The number of benzene rings is 2. The van der Waals surface area contributed by atoms with Crippen molar-refractivity contribution < 1.29 is 27.2 Å². The summed E-state index contributed by atoms with van der Waals surface area (Å²) in [5.41, 5.74) is 4.70. The number of aromatic nitrogens is 2. The van der Waals surface area contributed by atoms with Crippen LogP contribution >= 0.6 is 0 Å². The first-order valence-corrected chi connectivity index (χ1v) is 12.4. The van der Waals surface area contributed by atoms with Crippen LogP contribution in [-0.2, 0) is 17.5 Å². The predicted octanol–water partition coefficient (Wildman–Crippen LogP) is 4.06. The molecule has 4 rings (SSSR count). The van der Waals surface area contributed by atoms with Crippen molar-refractivity contribution >= 4 is 34.3 Å². The Balaban J connectivity index is 1.41. The number of rotatable bonds is 7. The molecule has 2 heterocycles. The molecular weight excluding hydrogens is 518 g/mol. The first-order valence-electron chi connectivity index (χ1n) is 12.4. The molecule has 39 heavy (non-hydrogen) atoms. The monoisotopic (exact) mass is 547 g/mol. The van der Waals surface area contributed by atoms with E-state index in [4.69, 9.17) is 5.73 Å². The number of carbonyl (C=O) groups excluding carboxylic acids is 2. The number of anilines is 2. The van der Waals surface area contributed by atoms with Crippen molar-refractivity contribution in [2.24, 2.45) is 11.7 Å². The number of primary amides is 1. The number of para-hydroxylation sites is 1. The van der Waals surface area contributed by atoms with E-state index in [2.05, 4.69) is 20.6 Å². The predicted molar refractivity (Wildman–Crippen MR) is 138 cm³/mol. The molecule has 9 nitrogen and oxygen atoms in total. The van der Waals surface area contributed by atoms with Gasteiger partial charge in [0.15, 0.2) is 0 Å². The summed E-state index contributed by atoms with van der Waals surface area (Å²) in [4.78, 5) is 37.4. The molecule has 0 saturated carbocycles. The van der Waals surface area contributed by atoms with Crippen LogP contribution in [0.5, 0.6) is 0 Å². The maximum atomic E-state index is 13.5. The molecule has 0 radical (unpaired) electrons. The average molecular weight is 548 g/mol. The fourth-order valence-electron chi connectivity index (χ4n) is 4.35. The molecule has 208 valence electrons. The van der Waals surface area contributed by atoms with Crippen LogP contribution in [0.2, 0.25) is 0 Å². The number of hydrogen-bond donors (Lipinski definition) is 3. The van der Waals surface area contributed by atoms with Gasteiger partial charge in [0.1, 0.15) is 23.5 Å². The molecular formula is C26H29F4N7O2. The Morgan fingerprint density at radius 2 is 1.74 bits per heavy atom. The van der Waals surface area contributed by atoms with E-state index in [1.54, 1.807) is 0 Å². The van der Waals surface area contributed by atoms with Gasteiger partial charge in [-0.3, -0.25) is 9.69 Å². The Kier molecular flexibility index (Phi) is 8.19. The highest BCUT2D eigenvalue weighted by Gasteiger charge is 2.34. The summed E-state index contributed by atoms with van der Waals surface area (Å²) in [6.07, 6.45) is -4.87. The highest BCUT2D eigenvalue weighted by molar-refractivity contribution is 5.92. The molecule has 3 amide bonds. The quantitative estimate of drug-likeness (QED) is 0.384. The molecule has 0 aliphatic carbocycles. The van der Waals surface area contributed by atoms with Gasteiger partial charge in [0.2, 0.25) is 5.91 Å². The number of halogens is 4. The molecule has 1 aromatic heterocycles. The van der Waals surface area contributed by atoms with Gasteiger partial charge in [0.25, 0.3) is 0 Å². The molecule has 1 fully saturated rings. The van der Waals surface area contributed by atoms with Crippen molar-refractivity contribution in [3.8, 4) is 0 Å². The van der Waals surface area contributed by atoms with Gasteiger partial charge in [0, 0.05) is 37.3 Å². The Morgan fingerprint density at radius 1 is 1.05 bits per heavy atom.